The van der Waals surface area contributed by atoms with E-state index in [0.717, 1.165) is 17.7 Å². The van der Waals surface area contributed by atoms with Crippen molar-refractivity contribution in [3.05, 3.63) is 47.5 Å². The van der Waals surface area contributed by atoms with Crippen molar-refractivity contribution in [2.75, 3.05) is 18.5 Å². The van der Waals surface area contributed by atoms with Gasteiger partial charge >= 0.3 is 0 Å². The zero-order valence-corrected chi connectivity index (χ0v) is 17.6. The molecule has 2 N–H and O–H groups in total. The molecule has 1 amide bonds. The van der Waals surface area contributed by atoms with Crippen LogP contribution >= 0.6 is 0 Å². The van der Waals surface area contributed by atoms with Crippen LogP contribution < -0.4 is 19.5 Å². The maximum Gasteiger partial charge on any atom is 0.263 e. The third-order valence-electron chi connectivity index (χ3n) is 4.84. The smallest absolute Gasteiger partial charge is 0.263 e. The Balaban J connectivity index is 1.44. The lowest BCUT2D eigenvalue weighted by atomic mass is 10.1. The first kappa shape index (κ1) is 20.2. The van der Waals surface area contributed by atoms with Crippen LogP contribution in [0.3, 0.4) is 0 Å². The summed E-state index contributed by atoms with van der Waals surface area (Å²) in [4.78, 5) is 16.9. The summed E-state index contributed by atoms with van der Waals surface area (Å²) in [6.45, 7) is 4.49. The molecule has 9 heteroatoms. The van der Waals surface area contributed by atoms with Gasteiger partial charge in [0.05, 0.1) is 23.7 Å². The Morgan fingerprint density at radius 3 is 2.93 bits per heavy atom. The lowest BCUT2D eigenvalue weighted by Crippen LogP contribution is -2.23. The number of nitrogens with one attached hydrogen (secondary N) is 2. The van der Waals surface area contributed by atoms with E-state index in [0.29, 0.717) is 23.6 Å². The van der Waals surface area contributed by atoms with Gasteiger partial charge in [0.15, 0.2) is 0 Å². The van der Waals surface area contributed by atoms with E-state index in [-0.39, 0.29) is 35.7 Å². The Morgan fingerprint density at radius 2 is 2.13 bits per heavy atom. The number of ether oxygens (including phenoxy) is 2. The number of sulfonamides is 1. The van der Waals surface area contributed by atoms with Crippen molar-refractivity contribution in [1.29, 1.82) is 0 Å². The van der Waals surface area contributed by atoms with Crippen molar-refractivity contribution < 1.29 is 22.7 Å². The summed E-state index contributed by atoms with van der Waals surface area (Å²) in [6.07, 6.45) is 0.987. The van der Waals surface area contributed by atoms with E-state index in [1.165, 1.54) is 6.07 Å². The van der Waals surface area contributed by atoms with Crippen LogP contribution in [0.1, 0.15) is 31.4 Å². The number of amidine groups is 1. The van der Waals surface area contributed by atoms with Gasteiger partial charge in [-0.1, -0.05) is 12.1 Å². The predicted octanol–water partition coefficient (Wildman–Crippen LogP) is 2.48. The molecule has 0 spiro atoms. The molecular weight excluding hydrogens is 406 g/mol. The summed E-state index contributed by atoms with van der Waals surface area (Å²) in [7, 11) is -3.59. The number of hydrogen-bond donors (Lipinski definition) is 2. The molecule has 1 atom stereocenters. The third kappa shape index (κ3) is 3.97. The highest BCUT2D eigenvalue weighted by molar-refractivity contribution is 7.90. The number of nitrogens with zero attached hydrogens (tertiary/aromatic N) is 1. The van der Waals surface area contributed by atoms with E-state index in [2.05, 4.69) is 15.0 Å². The monoisotopic (exact) mass is 429 g/mol. The van der Waals surface area contributed by atoms with Crippen LogP contribution in [0, 0.1) is 0 Å². The number of amides is 1. The summed E-state index contributed by atoms with van der Waals surface area (Å²) in [6, 6.07) is 10.3. The first-order chi connectivity index (χ1) is 14.4. The van der Waals surface area contributed by atoms with Crippen molar-refractivity contribution in [3.8, 4) is 11.5 Å². The van der Waals surface area contributed by atoms with Gasteiger partial charge in [-0.15, -0.1) is 0 Å². The molecule has 0 radical (unpaired) electrons. The zero-order chi connectivity index (χ0) is 21.3. The highest BCUT2D eigenvalue weighted by Crippen LogP contribution is 2.38. The molecule has 2 aromatic rings. The molecule has 2 aliphatic rings. The highest BCUT2D eigenvalue weighted by atomic mass is 32.2. The molecule has 2 heterocycles. The number of anilines is 1. The van der Waals surface area contributed by atoms with Gasteiger partial charge < -0.3 is 14.8 Å². The number of carbonyl (C=O) groups excluding carboxylic acids is 1. The molecule has 0 saturated carbocycles. The van der Waals surface area contributed by atoms with Gasteiger partial charge in [0.2, 0.25) is 5.91 Å². The minimum Gasteiger partial charge on any atom is -0.492 e. The van der Waals surface area contributed by atoms with Crippen LogP contribution in [-0.4, -0.2) is 39.4 Å². The fourth-order valence-electron chi connectivity index (χ4n) is 3.55. The molecule has 0 saturated heterocycles. The van der Waals surface area contributed by atoms with Crippen LogP contribution in [0.2, 0.25) is 0 Å². The summed E-state index contributed by atoms with van der Waals surface area (Å²) in [5.74, 6) is 1.36. The normalized spacial score (nSPS) is 19.5. The minimum absolute atomic E-state index is 0.0906. The van der Waals surface area contributed by atoms with E-state index in [4.69, 9.17) is 9.47 Å². The van der Waals surface area contributed by atoms with E-state index >= 15 is 0 Å². The summed E-state index contributed by atoms with van der Waals surface area (Å²) < 4.78 is 38.1. The first-order valence-corrected chi connectivity index (χ1v) is 11.3. The van der Waals surface area contributed by atoms with Crippen LogP contribution in [0.4, 0.5) is 5.69 Å². The van der Waals surface area contributed by atoms with Crippen LogP contribution in [-0.2, 0) is 21.2 Å². The molecule has 30 heavy (non-hydrogen) atoms. The summed E-state index contributed by atoms with van der Waals surface area (Å²) >= 11 is 0. The van der Waals surface area contributed by atoms with Gasteiger partial charge in [0.25, 0.3) is 10.0 Å². The summed E-state index contributed by atoms with van der Waals surface area (Å²) in [5.41, 5.74) is 2.12. The minimum atomic E-state index is -3.59. The Hall–Kier alpha value is -3.07. The van der Waals surface area contributed by atoms with E-state index in [1.807, 2.05) is 19.9 Å². The SMILES string of the molecule is CCOc1cc2c(cc1NC(=O)CCN=C1NS(=O)(=O)c3ccccc31)O[C@H](C)C2. The van der Waals surface area contributed by atoms with Gasteiger partial charge in [-0.2, -0.15) is 0 Å². The Labute approximate surface area is 175 Å². The molecule has 2 aliphatic heterocycles. The largest absolute Gasteiger partial charge is 0.492 e. The Morgan fingerprint density at radius 1 is 1.33 bits per heavy atom. The van der Waals surface area contributed by atoms with Gasteiger partial charge in [-0.25, -0.2) is 8.42 Å². The molecule has 2 aromatic carbocycles. The first-order valence-electron chi connectivity index (χ1n) is 9.80. The maximum atomic E-state index is 12.5. The fraction of sp³-hybridized carbons (Fsp3) is 0.333. The number of carbonyl (C=O) groups is 1. The van der Waals surface area contributed by atoms with Crippen molar-refractivity contribution in [1.82, 2.24) is 4.72 Å². The van der Waals surface area contributed by atoms with Gasteiger partial charge in [0.1, 0.15) is 23.4 Å². The van der Waals surface area contributed by atoms with Crippen molar-refractivity contribution in [3.63, 3.8) is 0 Å². The van der Waals surface area contributed by atoms with Gasteiger partial charge in [-0.3, -0.25) is 14.5 Å². The number of benzene rings is 2. The van der Waals surface area contributed by atoms with E-state index in [1.54, 1.807) is 24.3 Å². The molecule has 0 bridgehead atoms. The quantitative estimate of drug-likeness (QED) is 0.734. The number of aliphatic imine (C=N–C) groups is 1. The standard InChI is InChI=1S/C21H23N3O5S/c1-3-28-18-11-14-10-13(2)29-17(14)12-16(18)23-20(25)8-9-22-21-15-6-4-5-7-19(15)30(26,27)24-21/h4-7,11-13H,3,8-10H2,1-2H3,(H,22,24)(H,23,25)/t13-/m1/s1. The highest BCUT2D eigenvalue weighted by Gasteiger charge is 2.30. The molecular formula is C21H23N3O5S. The van der Waals surface area contributed by atoms with E-state index in [9.17, 15) is 13.2 Å². The van der Waals surface area contributed by atoms with Crippen LogP contribution in [0.5, 0.6) is 11.5 Å². The molecule has 0 aliphatic carbocycles. The number of fused-ring (bicyclic) bond motifs is 2. The van der Waals surface area contributed by atoms with E-state index < -0.39 is 10.0 Å². The molecule has 0 fully saturated rings. The predicted molar refractivity (Wildman–Crippen MR) is 113 cm³/mol. The second-order valence-electron chi connectivity index (χ2n) is 7.15. The van der Waals surface area contributed by atoms with Crippen molar-refractivity contribution in [2.24, 2.45) is 4.99 Å². The molecule has 4 rings (SSSR count). The molecule has 0 aromatic heterocycles. The molecule has 8 nitrogen and oxygen atoms in total. The average Bonchev–Trinajstić information content (AvgIpc) is 3.18. The second-order valence-corrected chi connectivity index (χ2v) is 8.80. The Kier molecular flexibility index (Phi) is 5.38. The number of rotatable bonds is 6. The maximum absolute atomic E-state index is 12.5. The average molecular weight is 429 g/mol. The molecule has 158 valence electrons. The summed E-state index contributed by atoms with van der Waals surface area (Å²) in [5, 5.41) is 2.85. The second kappa shape index (κ2) is 7.98. The fourth-order valence-corrected chi connectivity index (χ4v) is 4.80. The van der Waals surface area contributed by atoms with Gasteiger partial charge in [0, 0.05) is 30.0 Å². The lowest BCUT2D eigenvalue weighted by Gasteiger charge is -2.13. The van der Waals surface area contributed by atoms with Gasteiger partial charge in [-0.05, 0) is 32.0 Å². The van der Waals surface area contributed by atoms with Crippen molar-refractivity contribution >= 4 is 27.5 Å². The van der Waals surface area contributed by atoms with Crippen LogP contribution in [0.15, 0.2) is 46.3 Å². The number of hydrogen-bond acceptors (Lipinski definition) is 6. The topological polar surface area (TPSA) is 106 Å². The molecule has 0 unspecified atom stereocenters. The Bertz CT molecular complexity index is 1130. The third-order valence-corrected chi connectivity index (χ3v) is 6.24. The zero-order valence-electron chi connectivity index (χ0n) is 16.8. The lowest BCUT2D eigenvalue weighted by molar-refractivity contribution is -0.116. The van der Waals surface area contributed by atoms with Crippen LogP contribution in [0.25, 0.3) is 0 Å². The van der Waals surface area contributed by atoms with Crippen molar-refractivity contribution in [2.45, 2.75) is 37.7 Å².